The maximum atomic E-state index is 10.5. The molecule has 4 nitrogen and oxygen atoms in total. The van der Waals surface area contributed by atoms with Crippen molar-refractivity contribution in [1.82, 2.24) is 4.98 Å². The topological polar surface area (TPSA) is 56.0 Å². The zero-order valence-corrected chi connectivity index (χ0v) is 8.83. The Kier molecular flexibility index (Phi) is 3.13. The zero-order valence-electron chi connectivity index (χ0n) is 8.83. The Hall–Kier alpha value is -2.67. The molecule has 2 rings (SSSR count). The molecule has 82 valence electrons. The lowest BCUT2D eigenvalue weighted by Crippen LogP contribution is -1.86. The second-order valence-electron chi connectivity index (χ2n) is 3.29. The minimum Gasteiger partial charge on any atom is -0.265 e. The van der Waals surface area contributed by atoms with E-state index in [0.717, 1.165) is 11.1 Å². The predicted molar refractivity (Wildman–Crippen MR) is 63.3 cm³/mol. The molecule has 17 heavy (non-hydrogen) atoms. The van der Waals surface area contributed by atoms with Crippen molar-refractivity contribution in [3.63, 3.8) is 0 Å². The second-order valence-corrected chi connectivity index (χ2v) is 3.29. The molecule has 0 unspecified atom stereocenters. The molecule has 0 amide bonds. The smallest absolute Gasteiger partial charge is 0.265 e. The number of nitrogens with zero attached hydrogens (tertiary/aromatic N) is 2. The molecule has 1 aromatic heterocycles. The maximum absolute atomic E-state index is 10.5. The van der Waals surface area contributed by atoms with Gasteiger partial charge in [-0.25, -0.2) is 0 Å². The molecule has 2 aromatic rings. The first-order valence-corrected chi connectivity index (χ1v) is 4.92. The zero-order chi connectivity index (χ0) is 12.1. The maximum Gasteiger partial charge on any atom is 0.269 e. The molecular formula is C13H8N2O2. The average Bonchev–Trinajstić information content (AvgIpc) is 2.38. The van der Waals surface area contributed by atoms with Crippen molar-refractivity contribution in [3.05, 3.63) is 70.0 Å². The third-order valence-corrected chi connectivity index (χ3v) is 2.11. The quantitative estimate of drug-likeness (QED) is 0.424. The summed E-state index contributed by atoms with van der Waals surface area (Å²) in [5.41, 5.74) is 1.67. The average molecular weight is 224 g/mol. The number of pyridine rings is 1. The van der Waals surface area contributed by atoms with E-state index in [1.54, 1.807) is 36.7 Å². The lowest BCUT2D eigenvalue weighted by Gasteiger charge is -1.91. The van der Waals surface area contributed by atoms with Crippen LogP contribution in [0.25, 0.3) is 0 Å². The van der Waals surface area contributed by atoms with E-state index in [9.17, 15) is 10.1 Å². The van der Waals surface area contributed by atoms with Crippen molar-refractivity contribution in [2.45, 2.75) is 0 Å². The van der Waals surface area contributed by atoms with Gasteiger partial charge in [-0.15, -0.1) is 0 Å². The third-order valence-electron chi connectivity index (χ3n) is 2.11. The van der Waals surface area contributed by atoms with E-state index in [1.165, 1.54) is 12.1 Å². The molecule has 0 aliphatic carbocycles. The Morgan fingerprint density at radius 1 is 0.941 bits per heavy atom. The summed E-state index contributed by atoms with van der Waals surface area (Å²) >= 11 is 0. The molecule has 1 aromatic carbocycles. The number of rotatable bonds is 1. The van der Waals surface area contributed by atoms with Crippen LogP contribution in [0.5, 0.6) is 0 Å². The number of non-ortho nitro benzene ring substituents is 1. The van der Waals surface area contributed by atoms with Crippen molar-refractivity contribution >= 4 is 5.69 Å². The van der Waals surface area contributed by atoms with Gasteiger partial charge in [0.1, 0.15) is 0 Å². The van der Waals surface area contributed by atoms with Gasteiger partial charge in [0, 0.05) is 35.7 Å². The van der Waals surface area contributed by atoms with E-state index in [1.807, 2.05) is 0 Å². The highest BCUT2D eigenvalue weighted by Gasteiger charge is 2.01. The van der Waals surface area contributed by atoms with Crippen LogP contribution >= 0.6 is 0 Å². The fraction of sp³-hybridized carbons (Fsp3) is 0. The van der Waals surface area contributed by atoms with E-state index in [-0.39, 0.29) is 5.69 Å². The molecule has 0 fully saturated rings. The highest BCUT2D eigenvalue weighted by molar-refractivity contribution is 5.45. The van der Waals surface area contributed by atoms with Gasteiger partial charge in [0.15, 0.2) is 0 Å². The van der Waals surface area contributed by atoms with Gasteiger partial charge >= 0.3 is 0 Å². The molecule has 0 atom stereocenters. The van der Waals surface area contributed by atoms with Crippen LogP contribution < -0.4 is 0 Å². The van der Waals surface area contributed by atoms with Crippen LogP contribution in [0.3, 0.4) is 0 Å². The van der Waals surface area contributed by atoms with Crippen molar-refractivity contribution in [2.75, 3.05) is 0 Å². The Bertz CT molecular complexity index is 580. The van der Waals surface area contributed by atoms with Gasteiger partial charge in [-0.2, -0.15) is 0 Å². The second kappa shape index (κ2) is 4.90. The van der Waals surface area contributed by atoms with Crippen molar-refractivity contribution in [2.24, 2.45) is 0 Å². The van der Waals surface area contributed by atoms with E-state index >= 15 is 0 Å². The first-order chi connectivity index (χ1) is 8.25. The van der Waals surface area contributed by atoms with E-state index in [2.05, 4.69) is 16.8 Å². The molecule has 0 radical (unpaired) electrons. The molecule has 0 spiro atoms. The van der Waals surface area contributed by atoms with Gasteiger partial charge in [0.05, 0.1) is 4.92 Å². The molecule has 0 aliphatic rings. The minimum atomic E-state index is -0.430. The molecule has 1 heterocycles. The van der Waals surface area contributed by atoms with Gasteiger partial charge in [-0.3, -0.25) is 15.1 Å². The summed E-state index contributed by atoms with van der Waals surface area (Å²) in [7, 11) is 0. The van der Waals surface area contributed by atoms with Crippen LogP contribution in [0, 0.1) is 22.0 Å². The number of aromatic nitrogens is 1. The fourth-order valence-corrected chi connectivity index (χ4v) is 1.25. The summed E-state index contributed by atoms with van der Waals surface area (Å²) in [5, 5.41) is 10.5. The Balaban J connectivity index is 2.20. The molecule has 0 saturated heterocycles. The lowest BCUT2D eigenvalue weighted by atomic mass is 10.2. The molecular weight excluding hydrogens is 216 g/mol. The van der Waals surface area contributed by atoms with Crippen LogP contribution in [0.15, 0.2) is 48.8 Å². The minimum absolute atomic E-state index is 0.0689. The predicted octanol–water partition coefficient (Wildman–Crippen LogP) is 2.39. The monoisotopic (exact) mass is 224 g/mol. The Labute approximate surface area is 98.1 Å². The SMILES string of the molecule is O=[N+]([O-])c1ccc(C#Cc2ccncc2)cc1. The molecule has 0 bridgehead atoms. The van der Waals surface area contributed by atoms with Crippen molar-refractivity contribution < 1.29 is 4.92 Å². The van der Waals surface area contributed by atoms with Gasteiger partial charge in [-0.05, 0) is 24.3 Å². The van der Waals surface area contributed by atoms with Crippen LogP contribution in [0.4, 0.5) is 5.69 Å². The van der Waals surface area contributed by atoms with Crippen LogP contribution in [-0.2, 0) is 0 Å². The largest absolute Gasteiger partial charge is 0.269 e. The van der Waals surface area contributed by atoms with Crippen LogP contribution in [0.2, 0.25) is 0 Å². The van der Waals surface area contributed by atoms with Crippen molar-refractivity contribution in [1.29, 1.82) is 0 Å². The molecule has 0 saturated carbocycles. The number of hydrogen-bond acceptors (Lipinski definition) is 3. The number of nitro benzene ring substituents is 1. The third kappa shape index (κ3) is 2.89. The van der Waals surface area contributed by atoms with Gasteiger partial charge in [0.25, 0.3) is 5.69 Å². The standard InChI is InChI=1S/C13H8N2O2/c16-15(17)13-5-3-11(4-6-13)1-2-12-7-9-14-10-8-12/h3-10H. The number of hydrogen-bond donors (Lipinski definition) is 0. The summed E-state index contributed by atoms with van der Waals surface area (Å²) in [6, 6.07) is 9.75. The van der Waals surface area contributed by atoms with E-state index < -0.39 is 4.92 Å². The number of benzene rings is 1. The van der Waals surface area contributed by atoms with E-state index in [4.69, 9.17) is 0 Å². The lowest BCUT2D eigenvalue weighted by molar-refractivity contribution is -0.384. The van der Waals surface area contributed by atoms with Gasteiger partial charge in [0.2, 0.25) is 0 Å². The van der Waals surface area contributed by atoms with Gasteiger partial charge < -0.3 is 0 Å². The summed E-state index contributed by atoms with van der Waals surface area (Å²) in [4.78, 5) is 13.9. The molecule has 0 aliphatic heterocycles. The Morgan fingerprint density at radius 3 is 2.00 bits per heavy atom. The summed E-state index contributed by atoms with van der Waals surface area (Å²) in [6.45, 7) is 0. The molecule has 0 N–H and O–H groups in total. The summed E-state index contributed by atoms with van der Waals surface area (Å²) in [6.07, 6.45) is 3.33. The summed E-state index contributed by atoms with van der Waals surface area (Å²) in [5.74, 6) is 5.88. The Morgan fingerprint density at radius 2 is 1.47 bits per heavy atom. The van der Waals surface area contributed by atoms with Gasteiger partial charge in [-0.1, -0.05) is 11.8 Å². The highest BCUT2D eigenvalue weighted by Crippen LogP contribution is 2.11. The highest BCUT2D eigenvalue weighted by atomic mass is 16.6. The van der Waals surface area contributed by atoms with Crippen LogP contribution in [-0.4, -0.2) is 9.91 Å². The summed E-state index contributed by atoms with van der Waals surface area (Å²) < 4.78 is 0. The van der Waals surface area contributed by atoms with E-state index in [0.29, 0.717) is 0 Å². The fourth-order valence-electron chi connectivity index (χ4n) is 1.25. The van der Waals surface area contributed by atoms with Crippen molar-refractivity contribution in [3.8, 4) is 11.8 Å². The molecule has 4 heteroatoms. The first kappa shape index (κ1) is 10.8. The van der Waals surface area contributed by atoms with Crippen LogP contribution in [0.1, 0.15) is 11.1 Å². The first-order valence-electron chi connectivity index (χ1n) is 4.92. The number of nitro groups is 1. The normalized spacial score (nSPS) is 9.18.